The molecule has 0 N–H and O–H groups in total. The Morgan fingerprint density at radius 3 is 2.75 bits per heavy atom. The van der Waals surface area contributed by atoms with E-state index in [9.17, 15) is 0 Å². The van der Waals surface area contributed by atoms with Gasteiger partial charge in [0.25, 0.3) is 0 Å². The van der Waals surface area contributed by atoms with Crippen molar-refractivity contribution in [1.82, 2.24) is 0 Å². The Bertz CT molecular complexity index is 621. The first kappa shape index (κ1) is 13.5. The zero-order chi connectivity index (χ0) is 14.1. The summed E-state index contributed by atoms with van der Waals surface area (Å²) in [5.41, 5.74) is 6.56. The number of alkyl halides is 1. The molecule has 1 unspecified atom stereocenters. The van der Waals surface area contributed by atoms with Gasteiger partial charge < -0.3 is 4.90 Å². The number of aryl methyl sites for hydroxylation is 1. The minimum absolute atomic E-state index is 0.582. The predicted molar refractivity (Wildman–Crippen MR) is 87.1 cm³/mol. The Kier molecular flexibility index (Phi) is 3.71. The van der Waals surface area contributed by atoms with Crippen molar-refractivity contribution in [3.8, 4) is 0 Å². The van der Waals surface area contributed by atoms with Gasteiger partial charge in [0, 0.05) is 23.8 Å². The van der Waals surface area contributed by atoms with Crippen molar-refractivity contribution in [2.24, 2.45) is 5.92 Å². The molecule has 3 rings (SSSR count). The van der Waals surface area contributed by atoms with Crippen LogP contribution in [0, 0.1) is 12.8 Å². The third-order valence-electron chi connectivity index (χ3n) is 4.13. The maximum atomic E-state index is 5.96. The first-order chi connectivity index (χ1) is 9.69. The fourth-order valence-electron chi connectivity index (χ4n) is 3.04. The molecule has 0 bridgehead atoms. The minimum atomic E-state index is 0.582. The first-order valence-corrected chi connectivity index (χ1v) is 7.73. The van der Waals surface area contributed by atoms with Gasteiger partial charge in [-0.15, -0.1) is 11.6 Å². The molecule has 0 aliphatic carbocycles. The zero-order valence-corrected chi connectivity index (χ0v) is 12.8. The van der Waals surface area contributed by atoms with E-state index in [4.69, 9.17) is 11.6 Å². The van der Waals surface area contributed by atoms with Crippen LogP contribution in [0.15, 0.2) is 42.5 Å². The van der Waals surface area contributed by atoms with Gasteiger partial charge in [0.1, 0.15) is 0 Å². The van der Waals surface area contributed by atoms with Crippen LogP contribution in [0.25, 0.3) is 0 Å². The van der Waals surface area contributed by atoms with Crippen LogP contribution in [-0.4, -0.2) is 6.54 Å². The molecule has 20 heavy (non-hydrogen) atoms. The number of halogens is 1. The molecule has 104 valence electrons. The van der Waals surface area contributed by atoms with Crippen molar-refractivity contribution in [3.63, 3.8) is 0 Å². The molecule has 2 aromatic carbocycles. The third kappa shape index (κ3) is 2.43. The monoisotopic (exact) mass is 285 g/mol. The SMILES string of the molecule is Cc1cc(N2CC(C)Cc3ccccc32)ccc1CCl. The van der Waals surface area contributed by atoms with Gasteiger partial charge in [0.2, 0.25) is 0 Å². The number of hydrogen-bond donors (Lipinski definition) is 0. The van der Waals surface area contributed by atoms with Crippen LogP contribution in [0.3, 0.4) is 0 Å². The summed E-state index contributed by atoms with van der Waals surface area (Å²) >= 11 is 5.96. The molecule has 1 nitrogen and oxygen atoms in total. The van der Waals surface area contributed by atoms with Gasteiger partial charge in [-0.25, -0.2) is 0 Å². The van der Waals surface area contributed by atoms with E-state index >= 15 is 0 Å². The topological polar surface area (TPSA) is 3.24 Å². The molecule has 0 saturated heterocycles. The maximum Gasteiger partial charge on any atom is 0.0476 e. The normalized spacial score (nSPS) is 17.9. The molecular formula is C18H20ClN. The van der Waals surface area contributed by atoms with Crippen LogP contribution in [0.5, 0.6) is 0 Å². The fourth-order valence-corrected chi connectivity index (χ4v) is 3.34. The minimum Gasteiger partial charge on any atom is -0.341 e. The van der Waals surface area contributed by atoms with Crippen molar-refractivity contribution < 1.29 is 0 Å². The average molecular weight is 286 g/mol. The summed E-state index contributed by atoms with van der Waals surface area (Å²) in [5.74, 6) is 1.26. The van der Waals surface area contributed by atoms with Crippen LogP contribution < -0.4 is 4.90 Å². The Balaban J connectivity index is 2.04. The lowest BCUT2D eigenvalue weighted by molar-refractivity contribution is 0.562. The highest BCUT2D eigenvalue weighted by Gasteiger charge is 2.22. The van der Waals surface area contributed by atoms with Crippen LogP contribution in [0.1, 0.15) is 23.6 Å². The molecule has 2 heteroatoms. The number of rotatable bonds is 2. The molecule has 1 aliphatic rings. The summed E-state index contributed by atoms with van der Waals surface area (Å²) in [6, 6.07) is 15.3. The number of benzene rings is 2. The van der Waals surface area contributed by atoms with Crippen molar-refractivity contribution in [2.75, 3.05) is 11.4 Å². The van der Waals surface area contributed by atoms with Gasteiger partial charge in [-0.2, -0.15) is 0 Å². The number of anilines is 2. The average Bonchev–Trinajstić information content (AvgIpc) is 2.46. The van der Waals surface area contributed by atoms with Crippen molar-refractivity contribution >= 4 is 23.0 Å². The van der Waals surface area contributed by atoms with Crippen LogP contribution in [-0.2, 0) is 12.3 Å². The van der Waals surface area contributed by atoms with Gasteiger partial charge >= 0.3 is 0 Å². The Morgan fingerprint density at radius 1 is 1.20 bits per heavy atom. The van der Waals surface area contributed by atoms with Gasteiger partial charge in [-0.3, -0.25) is 0 Å². The summed E-state index contributed by atoms with van der Waals surface area (Å²) in [6.45, 7) is 5.54. The molecule has 1 heterocycles. The molecular weight excluding hydrogens is 266 g/mol. The van der Waals surface area contributed by atoms with E-state index in [2.05, 4.69) is 61.2 Å². The second-order valence-electron chi connectivity index (χ2n) is 5.79. The quantitative estimate of drug-likeness (QED) is 0.697. The smallest absolute Gasteiger partial charge is 0.0476 e. The van der Waals surface area contributed by atoms with Crippen LogP contribution in [0.4, 0.5) is 11.4 Å². The van der Waals surface area contributed by atoms with Gasteiger partial charge in [0.05, 0.1) is 0 Å². The number of nitrogens with zero attached hydrogens (tertiary/aromatic N) is 1. The number of hydrogen-bond acceptors (Lipinski definition) is 1. The van der Waals surface area contributed by atoms with Crippen molar-refractivity contribution in [2.45, 2.75) is 26.1 Å². The summed E-state index contributed by atoms with van der Waals surface area (Å²) in [4.78, 5) is 2.44. The van der Waals surface area contributed by atoms with E-state index in [-0.39, 0.29) is 0 Å². The predicted octanol–water partition coefficient (Wildman–Crippen LogP) is 5.06. The zero-order valence-electron chi connectivity index (χ0n) is 12.1. The molecule has 0 radical (unpaired) electrons. The first-order valence-electron chi connectivity index (χ1n) is 7.20. The molecule has 0 fully saturated rings. The Morgan fingerprint density at radius 2 is 2.00 bits per heavy atom. The standard InChI is InChI=1S/C18H20ClN/c1-13-9-15-5-3-4-6-18(15)20(12-13)17-8-7-16(11-19)14(2)10-17/h3-8,10,13H,9,11-12H2,1-2H3. The van der Waals surface area contributed by atoms with Crippen molar-refractivity contribution in [3.05, 3.63) is 59.2 Å². The van der Waals surface area contributed by atoms with Gasteiger partial charge in [0.15, 0.2) is 0 Å². The lowest BCUT2D eigenvalue weighted by Crippen LogP contribution is -2.30. The largest absolute Gasteiger partial charge is 0.341 e. The van der Waals surface area contributed by atoms with Crippen LogP contribution in [0.2, 0.25) is 0 Å². The molecule has 1 atom stereocenters. The highest BCUT2D eigenvalue weighted by molar-refractivity contribution is 6.17. The lowest BCUT2D eigenvalue weighted by atomic mass is 9.93. The number of fused-ring (bicyclic) bond motifs is 1. The van der Waals surface area contributed by atoms with E-state index in [1.54, 1.807) is 0 Å². The third-order valence-corrected chi connectivity index (χ3v) is 4.41. The lowest BCUT2D eigenvalue weighted by Gasteiger charge is -2.35. The molecule has 1 aliphatic heterocycles. The van der Waals surface area contributed by atoms with E-state index < -0.39 is 0 Å². The van der Waals surface area contributed by atoms with Crippen molar-refractivity contribution in [1.29, 1.82) is 0 Å². The van der Waals surface area contributed by atoms with Crippen LogP contribution >= 0.6 is 11.6 Å². The highest BCUT2D eigenvalue weighted by atomic mass is 35.5. The highest BCUT2D eigenvalue weighted by Crippen LogP contribution is 2.35. The molecule has 2 aromatic rings. The second kappa shape index (κ2) is 5.49. The summed E-state index contributed by atoms with van der Waals surface area (Å²) in [7, 11) is 0. The maximum absolute atomic E-state index is 5.96. The second-order valence-corrected chi connectivity index (χ2v) is 6.06. The summed E-state index contributed by atoms with van der Waals surface area (Å²) < 4.78 is 0. The molecule has 0 saturated carbocycles. The number of para-hydroxylation sites is 1. The van der Waals surface area contributed by atoms with E-state index in [0.29, 0.717) is 11.8 Å². The Labute approximate surface area is 126 Å². The fraction of sp³-hybridized carbons (Fsp3) is 0.333. The molecule has 0 amide bonds. The summed E-state index contributed by atoms with van der Waals surface area (Å²) in [5, 5.41) is 0. The van der Waals surface area contributed by atoms with Gasteiger partial charge in [-0.1, -0.05) is 31.2 Å². The van der Waals surface area contributed by atoms with E-state index in [0.717, 1.165) is 6.54 Å². The Hall–Kier alpha value is -1.47. The molecule has 0 spiro atoms. The van der Waals surface area contributed by atoms with E-state index in [1.165, 1.54) is 34.5 Å². The van der Waals surface area contributed by atoms with E-state index in [1.807, 2.05) is 0 Å². The summed E-state index contributed by atoms with van der Waals surface area (Å²) in [6.07, 6.45) is 1.17. The molecule has 0 aromatic heterocycles. The van der Waals surface area contributed by atoms with Gasteiger partial charge in [-0.05, 0) is 54.2 Å².